The van der Waals surface area contributed by atoms with Crippen LogP contribution in [0.4, 0.5) is 5.69 Å². The van der Waals surface area contributed by atoms with Gasteiger partial charge in [-0.2, -0.15) is 5.26 Å². The monoisotopic (exact) mass is 431 g/mol. The Morgan fingerprint density at radius 2 is 1.77 bits per heavy atom. The van der Waals surface area contributed by atoms with E-state index in [1.807, 2.05) is 39.0 Å². The lowest BCUT2D eigenvalue weighted by molar-refractivity contribution is -0.112. The van der Waals surface area contributed by atoms with Gasteiger partial charge in [-0.25, -0.2) is 0 Å². The van der Waals surface area contributed by atoms with Gasteiger partial charge in [0.25, 0.3) is 5.91 Å². The van der Waals surface area contributed by atoms with Crippen LogP contribution in [-0.4, -0.2) is 10.5 Å². The second kappa shape index (κ2) is 9.24. The van der Waals surface area contributed by atoms with Gasteiger partial charge in [0.15, 0.2) is 0 Å². The third-order valence-electron chi connectivity index (χ3n) is 5.38. The summed E-state index contributed by atoms with van der Waals surface area (Å²) in [7, 11) is 0. The van der Waals surface area contributed by atoms with Crippen LogP contribution in [0.3, 0.4) is 0 Å². The number of nitrogens with one attached hydrogen (secondary N) is 1. The van der Waals surface area contributed by atoms with Crippen molar-refractivity contribution in [2.75, 3.05) is 5.32 Å². The Balaban J connectivity index is 1.90. The molecule has 0 saturated heterocycles. The lowest BCUT2D eigenvalue weighted by Crippen LogP contribution is -2.13. The van der Waals surface area contributed by atoms with E-state index in [1.165, 1.54) is 5.56 Å². The predicted molar refractivity (Wildman–Crippen MR) is 128 cm³/mol. The molecule has 0 fully saturated rings. The molecule has 4 nitrogen and oxygen atoms in total. The van der Waals surface area contributed by atoms with E-state index in [0.29, 0.717) is 16.6 Å². The molecule has 1 heterocycles. The van der Waals surface area contributed by atoms with Crippen molar-refractivity contribution in [2.45, 2.75) is 40.5 Å². The molecule has 0 unspecified atom stereocenters. The zero-order chi connectivity index (χ0) is 22.7. The summed E-state index contributed by atoms with van der Waals surface area (Å²) >= 11 is 6.13. The number of amides is 1. The minimum Gasteiger partial charge on any atom is -0.321 e. The quantitative estimate of drug-likeness (QED) is 0.359. The zero-order valence-electron chi connectivity index (χ0n) is 18.5. The summed E-state index contributed by atoms with van der Waals surface area (Å²) in [6.07, 6.45) is 1.63. The highest BCUT2D eigenvalue weighted by Crippen LogP contribution is 2.25. The highest BCUT2D eigenvalue weighted by atomic mass is 35.5. The molecule has 3 aromatic rings. The van der Waals surface area contributed by atoms with Crippen molar-refractivity contribution in [2.24, 2.45) is 0 Å². The van der Waals surface area contributed by atoms with E-state index < -0.39 is 5.91 Å². The summed E-state index contributed by atoms with van der Waals surface area (Å²) in [6, 6.07) is 17.7. The van der Waals surface area contributed by atoms with Crippen LogP contribution in [0, 0.1) is 32.1 Å². The Labute approximate surface area is 188 Å². The Hall–Kier alpha value is -3.29. The fraction of sp³-hybridized carbons (Fsp3) is 0.231. The maximum absolute atomic E-state index is 12.7. The third-order valence-corrected chi connectivity index (χ3v) is 5.79. The second-order valence-electron chi connectivity index (χ2n) is 8.00. The number of hydrogen-bond donors (Lipinski definition) is 1. The van der Waals surface area contributed by atoms with Gasteiger partial charge in [0.2, 0.25) is 0 Å². The van der Waals surface area contributed by atoms with Gasteiger partial charge in [-0.1, -0.05) is 43.6 Å². The molecule has 0 radical (unpaired) electrons. The molecular weight excluding hydrogens is 406 g/mol. The topological polar surface area (TPSA) is 57.8 Å². The minimum absolute atomic E-state index is 0.0344. The van der Waals surface area contributed by atoms with Gasteiger partial charge >= 0.3 is 0 Å². The number of carbonyl (C=O) groups is 1. The summed E-state index contributed by atoms with van der Waals surface area (Å²) in [5.41, 5.74) is 6.67. The molecular formula is C26H26ClN3O. The van der Waals surface area contributed by atoms with Crippen molar-refractivity contribution in [1.82, 2.24) is 4.57 Å². The van der Waals surface area contributed by atoms with Crippen molar-refractivity contribution >= 4 is 29.3 Å². The zero-order valence-corrected chi connectivity index (χ0v) is 19.2. The smallest absolute Gasteiger partial charge is 0.266 e. The Bertz CT molecular complexity index is 1190. The summed E-state index contributed by atoms with van der Waals surface area (Å²) in [4.78, 5) is 12.7. The van der Waals surface area contributed by atoms with Crippen LogP contribution in [0.2, 0.25) is 5.02 Å². The van der Waals surface area contributed by atoms with E-state index in [0.717, 1.165) is 28.2 Å². The van der Waals surface area contributed by atoms with Gasteiger partial charge in [0, 0.05) is 27.8 Å². The third kappa shape index (κ3) is 4.90. The summed E-state index contributed by atoms with van der Waals surface area (Å²) < 4.78 is 2.13. The number of nitriles is 1. The number of carbonyl (C=O) groups excluding carboxylic acids is 1. The molecule has 1 N–H and O–H groups in total. The van der Waals surface area contributed by atoms with Gasteiger partial charge < -0.3 is 9.88 Å². The van der Waals surface area contributed by atoms with E-state index in [-0.39, 0.29) is 5.57 Å². The number of benzene rings is 2. The van der Waals surface area contributed by atoms with E-state index >= 15 is 0 Å². The van der Waals surface area contributed by atoms with E-state index in [1.54, 1.807) is 18.2 Å². The molecule has 0 atom stereocenters. The number of nitrogens with zero attached hydrogens (tertiary/aromatic N) is 2. The van der Waals surface area contributed by atoms with Crippen LogP contribution in [0.25, 0.3) is 11.8 Å². The molecule has 31 heavy (non-hydrogen) atoms. The molecule has 0 saturated carbocycles. The fourth-order valence-electron chi connectivity index (χ4n) is 3.51. The SMILES string of the molecule is Cc1ccc(NC(=O)/C(C#N)=C\c2cc(C)n(-c3ccc(C(C)C)cc3)c2C)cc1Cl. The second-order valence-corrected chi connectivity index (χ2v) is 8.40. The van der Waals surface area contributed by atoms with Gasteiger partial charge in [0.1, 0.15) is 11.6 Å². The van der Waals surface area contributed by atoms with Crippen molar-refractivity contribution < 1.29 is 4.79 Å². The predicted octanol–water partition coefficient (Wildman–Crippen LogP) is 6.73. The number of anilines is 1. The van der Waals surface area contributed by atoms with Crippen LogP contribution in [0.1, 0.15) is 47.8 Å². The van der Waals surface area contributed by atoms with Crippen LogP contribution < -0.4 is 5.32 Å². The van der Waals surface area contributed by atoms with Crippen molar-refractivity contribution in [3.05, 3.63) is 87.2 Å². The number of rotatable bonds is 5. The summed E-state index contributed by atoms with van der Waals surface area (Å²) in [6.45, 7) is 10.2. The first-order valence-corrected chi connectivity index (χ1v) is 10.6. The van der Waals surface area contributed by atoms with Gasteiger partial charge in [0.05, 0.1) is 0 Å². The number of aromatic nitrogens is 1. The highest BCUT2D eigenvalue weighted by molar-refractivity contribution is 6.31. The largest absolute Gasteiger partial charge is 0.321 e. The molecule has 0 aliphatic carbocycles. The number of hydrogen-bond acceptors (Lipinski definition) is 2. The molecule has 158 valence electrons. The van der Waals surface area contributed by atoms with Gasteiger partial charge in [-0.15, -0.1) is 0 Å². The summed E-state index contributed by atoms with van der Waals surface area (Å²) in [5.74, 6) is 0.00743. The Morgan fingerprint density at radius 1 is 1.10 bits per heavy atom. The first kappa shape index (κ1) is 22.4. The van der Waals surface area contributed by atoms with E-state index in [4.69, 9.17) is 11.6 Å². The first-order valence-electron chi connectivity index (χ1n) is 10.2. The maximum atomic E-state index is 12.7. The summed E-state index contributed by atoms with van der Waals surface area (Å²) in [5, 5.41) is 12.9. The van der Waals surface area contributed by atoms with Gasteiger partial charge in [-0.3, -0.25) is 4.79 Å². The van der Waals surface area contributed by atoms with E-state index in [9.17, 15) is 10.1 Å². The molecule has 0 aliphatic heterocycles. The lowest BCUT2D eigenvalue weighted by Gasteiger charge is -2.12. The average molecular weight is 432 g/mol. The Kier molecular flexibility index (Phi) is 6.68. The van der Waals surface area contributed by atoms with Gasteiger partial charge in [-0.05, 0) is 79.8 Å². The Morgan fingerprint density at radius 3 is 2.35 bits per heavy atom. The molecule has 1 aromatic heterocycles. The molecule has 1 amide bonds. The number of halogens is 1. The molecule has 2 aromatic carbocycles. The lowest BCUT2D eigenvalue weighted by atomic mass is 10.0. The van der Waals surface area contributed by atoms with Crippen LogP contribution in [0.5, 0.6) is 0 Å². The minimum atomic E-state index is -0.464. The molecule has 0 aliphatic rings. The molecule has 0 spiro atoms. The highest BCUT2D eigenvalue weighted by Gasteiger charge is 2.14. The average Bonchev–Trinajstić information content (AvgIpc) is 3.01. The van der Waals surface area contributed by atoms with Crippen molar-refractivity contribution in [1.29, 1.82) is 5.26 Å². The molecule has 3 rings (SSSR count). The van der Waals surface area contributed by atoms with Crippen LogP contribution >= 0.6 is 11.6 Å². The first-order chi connectivity index (χ1) is 14.7. The van der Waals surface area contributed by atoms with Crippen molar-refractivity contribution in [3.8, 4) is 11.8 Å². The standard InChI is InChI=1S/C26H26ClN3O/c1-16(2)20-7-10-24(11-8-20)30-18(4)12-21(19(30)5)13-22(15-28)26(31)29-23-9-6-17(3)25(27)14-23/h6-14,16H,1-5H3,(H,29,31)/b22-13-. The maximum Gasteiger partial charge on any atom is 0.266 e. The van der Waals surface area contributed by atoms with Crippen LogP contribution in [0.15, 0.2) is 54.1 Å². The molecule has 5 heteroatoms. The fourth-order valence-corrected chi connectivity index (χ4v) is 3.69. The number of aryl methyl sites for hydroxylation is 2. The molecule has 0 bridgehead atoms. The van der Waals surface area contributed by atoms with Crippen molar-refractivity contribution in [3.63, 3.8) is 0 Å². The normalized spacial score (nSPS) is 11.5. The van der Waals surface area contributed by atoms with Crippen LogP contribution in [-0.2, 0) is 4.79 Å². The van der Waals surface area contributed by atoms with E-state index in [2.05, 4.69) is 48.0 Å².